The van der Waals surface area contributed by atoms with Crippen LogP contribution in [0.3, 0.4) is 0 Å². The maximum Gasteiger partial charge on any atom is 0.219 e. The normalized spacial score (nSPS) is 20.7. The van der Waals surface area contributed by atoms with E-state index in [1.807, 2.05) is 7.05 Å². The molecule has 1 rings (SSSR count). The largest absolute Gasteiger partial charge is 0.377 e. The monoisotopic (exact) mass is 209 g/mol. The van der Waals surface area contributed by atoms with E-state index in [0.717, 1.165) is 6.42 Å². The van der Waals surface area contributed by atoms with E-state index >= 15 is 0 Å². The molecule has 0 N–H and O–H groups in total. The molecule has 1 amide bonds. The van der Waals surface area contributed by atoms with Gasteiger partial charge in [0.2, 0.25) is 5.91 Å². The van der Waals surface area contributed by atoms with E-state index < -0.39 is 0 Å². The second-order valence-electron chi connectivity index (χ2n) is 4.02. The van der Waals surface area contributed by atoms with Gasteiger partial charge in [-0.25, -0.2) is 0 Å². The molecule has 1 aliphatic carbocycles. The van der Waals surface area contributed by atoms with Crippen LogP contribution in [0.15, 0.2) is 23.3 Å². The lowest BCUT2D eigenvalue weighted by atomic mass is 9.96. The lowest BCUT2D eigenvalue weighted by Gasteiger charge is -2.22. The molecule has 0 aromatic carbocycles. The second-order valence-corrected chi connectivity index (χ2v) is 4.02. The number of methoxy groups -OCH3 is 1. The molecule has 0 spiro atoms. The van der Waals surface area contributed by atoms with Crippen molar-refractivity contribution in [3.8, 4) is 0 Å². The zero-order chi connectivity index (χ0) is 11.4. The Balaban J connectivity index is 2.64. The summed E-state index contributed by atoms with van der Waals surface area (Å²) >= 11 is 0. The number of carbonyl (C=O) groups excluding carboxylic acids is 1. The summed E-state index contributed by atoms with van der Waals surface area (Å²) in [7, 11) is 3.54. The predicted molar refractivity (Wildman–Crippen MR) is 60.6 cm³/mol. The number of hydrogen-bond donors (Lipinski definition) is 0. The third kappa shape index (κ3) is 3.20. The van der Waals surface area contributed by atoms with E-state index in [2.05, 4.69) is 19.1 Å². The molecule has 0 radical (unpaired) electrons. The first-order chi connectivity index (χ1) is 7.04. The number of rotatable bonds is 3. The van der Waals surface area contributed by atoms with Crippen LogP contribution >= 0.6 is 0 Å². The Morgan fingerprint density at radius 3 is 2.80 bits per heavy atom. The van der Waals surface area contributed by atoms with Gasteiger partial charge in [0.25, 0.3) is 0 Å². The van der Waals surface area contributed by atoms with Crippen molar-refractivity contribution in [2.75, 3.05) is 20.7 Å². The first-order valence-corrected chi connectivity index (χ1v) is 5.16. The van der Waals surface area contributed by atoms with Crippen molar-refractivity contribution in [3.63, 3.8) is 0 Å². The smallest absolute Gasteiger partial charge is 0.219 e. The Bertz CT molecular complexity index is 305. The molecule has 0 saturated heterocycles. The standard InChI is InChI=1S/C12H19NO2/c1-9-7-12(15-4)6-5-11(9)8-13(3)10(2)14/h5-6,12H,7-8H2,1-4H3. The number of likely N-dealkylation sites (N-methyl/N-ethyl adjacent to an activating group) is 1. The van der Waals surface area contributed by atoms with Gasteiger partial charge in [-0.3, -0.25) is 4.79 Å². The molecule has 3 heteroatoms. The number of carbonyl (C=O) groups is 1. The first-order valence-electron chi connectivity index (χ1n) is 5.16. The molecular weight excluding hydrogens is 190 g/mol. The average Bonchev–Trinajstić information content (AvgIpc) is 2.20. The summed E-state index contributed by atoms with van der Waals surface area (Å²) in [6.07, 6.45) is 5.23. The third-order valence-corrected chi connectivity index (χ3v) is 2.82. The Morgan fingerprint density at radius 2 is 2.33 bits per heavy atom. The lowest BCUT2D eigenvalue weighted by molar-refractivity contribution is -0.127. The molecule has 0 bridgehead atoms. The highest BCUT2D eigenvalue weighted by Crippen LogP contribution is 2.20. The molecule has 15 heavy (non-hydrogen) atoms. The van der Waals surface area contributed by atoms with Gasteiger partial charge < -0.3 is 9.64 Å². The van der Waals surface area contributed by atoms with Gasteiger partial charge in [0.05, 0.1) is 6.10 Å². The van der Waals surface area contributed by atoms with E-state index in [1.54, 1.807) is 18.9 Å². The van der Waals surface area contributed by atoms with Gasteiger partial charge in [-0.2, -0.15) is 0 Å². The maximum atomic E-state index is 11.1. The summed E-state index contributed by atoms with van der Waals surface area (Å²) < 4.78 is 5.26. The second kappa shape index (κ2) is 5.12. The van der Waals surface area contributed by atoms with Gasteiger partial charge in [-0.05, 0) is 18.9 Å². The Labute approximate surface area is 91.4 Å². The van der Waals surface area contributed by atoms with Gasteiger partial charge >= 0.3 is 0 Å². The minimum absolute atomic E-state index is 0.0950. The number of ether oxygens (including phenoxy) is 1. The minimum atomic E-state index is 0.0950. The summed E-state index contributed by atoms with van der Waals surface area (Å²) in [6, 6.07) is 0. The highest BCUT2D eigenvalue weighted by molar-refractivity contribution is 5.73. The van der Waals surface area contributed by atoms with E-state index in [1.165, 1.54) is 11.1 Å². The van der Waals surface area contributed by atoms with E-state index in [0.29, 0.717) is 6.54 Å². The first kappa shape index (κ1) is 12.0. The molecule has 84 valence electrons. The number of hydrogen-bond acceptors (Lipinski definition) is 2. The van der Waals surface area contributed by atoms with Crippen molar-refractivity contribution in [1.29, 1.82) is 0 Å². The zero-order valence-electron chi connectivity index (χ0n) is 9.91. The van der Waals surface area contributed by atoms with Crippen molar-refractivity contribution >= 4 is 5.91 Å². The number of amides is 1. The van der Waals surface area contributed by atoms with Crippen LogP contribution in [0.4, 0.5) is 0 Å². The highest BCUT2D eigenvalue weighted by atomic mass is 16.5. The fourth-order valence-corrected chi connectivity index (χ4v) is 1.58. The van der Waals surface area contributed by atoms with Gasteiger partial charge in [-0.15, -0.1) is 0 Å². The van der Waals surface area contributed by atoms with E-state index in [9.17, 15) is 4.79 Å². The molecule has 0 aromatic heterocycles. The third-order valence-electron chi connectivity index (χ3n) is 2.82. The fourth-order valence-electron chi connectivity index (χ4n) is 1.58. The van der Waals surface area contributed by atoms with Crippen molar-refractivity contribution < 1.29 is 9.53 Å². The molecule has 0 saturated carbocycles. The van der Waals surface area contributed by atoms with Gasteiger partial charge in [0.1, 0.15) is 0 Å². The fraction of sp³-hybridized carbons (Fsp3) is 0.583. The van der Waals surface area contributed by atoms with E-state index in [-0.39, 0.29) is 12.0 Å². The Morgan fingerprint density at radius 1 is 1.67 bits per heavy atom. The lowest BCUT2D eigenvalue weighted by Crippen LogP contribution is -2.27. The Hall–Kier alpha value is -1.09. The SMILES string of the molecule is COC1C=CC(CN(C)C(C)=O)=C(C)C1. The highest BCUT2D eigenvalue weighted by Gasteiger charge is 2.14. The van der Waals surface area contributed by atoms with Crippen LogP contribution in [-0.2, 0) is 9.53 Å². The molecule has 1 atom stereocenters. The predicted octanol–water partition coefficient (Wildman–Crippen LogP) is 1.76. The summed E-state index contributed by atoms with van der Waals surface area (Å²) in [4.78, 5) is 12.8. The van der Waals surface area contributed by atoms with Gasteiger partial charge in [0.15, 0.2) is 0 Å². The maximum absolute atomic E-state index is 11.1. The van der Waals surface area contributed by atoms with Crippen molar-refractivity contribution in [2.45, 2.75) is 26.4 Å². The zero-order valence-corrected chi connectivity index (χ0v) is 9.91. The quantitative estimate of drug-likeness (QED) is 0.708. The van der Waals surface area contributed by atoms with Crippen molar-refractivity contribution in [1.82, 2.24) is 4.90 Å². The van der Waals surface area contributed by atoms with Gasteiger partial charge in [0, 0.05) is 27.6 Å². The summed E-state index contributed by atoms with van der Waals surface area (Å²) in [6.45, 7) is 4.37. The molecule has 0 aliphatic heterocycles. The molecular formula is C12H19NO2. The molecule has 1 unspecified atom stereocenters. The molecule has 0 aromatic rings. The van der Waals surface area contributed by atoms with E-state index in [4.69, 9.17) is 4.74 Å². The van der Waals surface area contributed by atoms with Crippen LogP contribution in [-0.4, -0.2) is 37.6 Å². The van der Waals surface area contributed by atoms with Crippen molar-refractivity contribution in [3.05, 3.63) is 23.3 Å². The molecule has 1 aliphatic rings. The van der Waals surface area contributed by atoms with Crippen LogP contribution < -0.4 is 0 Å². The summed E-state index contributed by atoms with van der Waals surface area (Å²) in [5.41, 5.74) is 2.53. The topological polar surface area (TPSA) is 29.5 Å². The van der Waals surface area contributed by atoms with Crippen LogP contribution in [0.25, 0.3) is 0 Å². The summed E-state index contributed by atoms with van der Waals surface area (Å²) in [5, 5.41) is 0. The van der Waals surface area contributed by atoms with Crippen LogP contribution in [0.5, 0.6) is 0 Å². The molecule has 0 fully saturated rings. The average molecular weight is 209 g/mol. The van der Waals surface area contributed by atoms with Crippen LogP contribution in [0.2, 0.25) is 0 Å². The van der Waals surface area contributed by atoms with Crippen LogP contribution in [0.1, 0.15) is 20.3 Å². The summed E-state index contributed by atoms with van der Waals surface area (Å²) in [5.74, 6) is 0.0950. The van der Waals surface area contributed by atoms with Crippen molar-refractivity contribution in [2.24, 2.45) is 0 Å². The minimum Gasteiger partial charge on any atom is -0.377 e. The van der Waals surface area contributed by atoms with Gasteiger partial charge in [-0.1, -0.05) is 17.7 Å². The molecule has 3 nitrogen and oxygen atoms in total. The molecule has 0 heterocycles. The Kier molecular flexibility index (Phi) is 4.09. The number of nitrogens with zero attached hydrogens (tertiary/aromatic N) is 1. The van der Waals surface area contributed by atoms with Crippen LogP contribution in [0, 0.1) is 0 Å².